The lowest BCUT2D eigenvalue weighted by Gasteiger charge is -2.38. The zero-order valence-electron chi connectivity index (χ0n) is 14.8. The summed E-state index contributed by atoms with van der Waals surface area (Å²) in [6.07, 6.45) is 21.3. The molecule has 1 saturated carbocycles. The monoisotopic (exact) mass is 296 g/mol. The summed E-state index contributed by atoms with van der Waals surface area (Å²) in [5.74, 6) is 0. The standard InChI is InChI=1S/C20H40O/c1-3-4-5-6-7-8-9-10-11-13-16-19(21)20(2)17-14-12-15-18-20/h19,21H,3-18H2,1-2H3. The normalized spacial score (nSPS) is 19.6. The van der Waals surface area contributed by atoms with Crippen molar-refractivity contribution in [1.29, 1.82) is 0 Å². The van der Waals surface area contributed by atoms with Gasteiger partial charge in [-0.2, -0.15) is 0 Å². The zero-order chi connectivity index (χ0) is 15.4. The van der Waals surface area contributed by atoms with E-state index in [4.69, 9.17) is 0 Å². The number of unbranched alkanes of at least 4 members (excludes halogenated alkanes) is 9. The molecule has 126 valence electrons. The predicted octanol–water partition coefficient (Wildman–Crippen LogP) is 6.63. The van der Waals surface area contributed by atoms with Crippen molar-refractivity contribution in [2.75, 3.05) is 0 Å². The zero-order valence-corrected chi connectivity index (χ0v) is 14.8. The number of rotatable bonds is 12. The van der Waals surface area contributed by atoms with Crippen LogP contribution < -0.4 is 0 Å². The Morgan fingerprint density at radius 3 is 1.76 bits per heavy atom. The van der Waals surface area contributed by atoms with Gasteiger partial charge in [0.1, 0.15) is 0 Å². The van der Waals surface area contributed by atoms with Crippen molar-refractivity contribution in [1.82, 2.24) is 0 Å². The van der Waals surface area contributed by atoms with Gasteiger partial charge in [0.15, 0.2) is 0 Å². The summed E-state index contributed by atoms with van der Waals surface area (Å²) in [4.78, 5) is 0. The third kappa shape index (κ3) is 8.24. The Labute approximate surface area is 133 Å². The summed E-state index contributed by atoms with van der Waals surface area (Å²) in [6.45, 7) is 4.59. The van der Waals surface area contributed by atoms with Crippen molar-refractivity contribution in [2.24, 2.45) is 5.41 Å². The first kappa shape index (κ1) is 19.0. The molecule has 1 aliphatic rings. The fraction of sp³-hybridized carbons (Fsp3) is 1.00. The van der Waals surface area contributed by atoms with Gasteiger partial charge in [-0.05, 0) is 24.7 Å². The second-order valence-electron chi connectivity index (χ2n) is 7.70. The minimum absolute atomic E-state index is 0.0492. The van der Waals surface area contributed by atoms with Crippen LogP contribution in [0.5, 0.6) is 0 Å². The molecule has 1 fully saturated rings. The van der Waals surface area contributed by atoms with Crippen LogP contribution in [-0.2, 0) is 0 Å². The van der Waals surface area contributed by atoms with Gasteiger partial charge in [0.05, 0.1) is 6.10 Å². The molecule has 21 heavy (non-hydrogen) atoms. The molecule has 1 aliphatic carbocycles. The molecule has 0 aromatic rings. The highest BCUT2D eigenvalue weighted by Gasteiger charge is 2.33. The van der Waals surface area contributed by atoms with E-state index in [0.29, 0.717) is 0 Å². The van der Waals surface area contributed by atoms with Crippen LogP contribution in [0.25, 0.3) is 0 Å². The smallest absolute Gasteiger partial charge is 0.0593 e. The molecule has 1 rings (SSSR count). The summed E-state index contributed by atoms with van der Waals surface area (Å²) in [5.41, 5.74) is 0.234. The molecule has 0 heterocycles. The van der Waals surface area contributed by atoms with E-state index in [2.05, 4.69) is 13.8 Å². The molecule has 0 saturated heterocycles. The summed E-state index contributed by atoms with van der Waals surface area (Å²) < 4.78 is 0. The lowest BCUT2D eigenvalue weighted by molar-refractivity contribution is 0.00267. The van der Waals surface area contributed by atoms with Crippen molar-refractivity contribution in [3.8, 4) is 0 Å². The van der Waals surface area contributed by atoms with Gasteiger partial charge >= 0.3 is 0 Å². The molecule has 1 heteroatoms. The maximum Gasteiger partial charge on any atom is 0.0593 e. The Balaban J connectivity index is 1.91. The van der Waals surface area contributed by atoms with Crippen LogP contribution in [-0.4, -0.2) is 11.2 Å². The summed E-state index contributed by atoms with van der Waals surface area (Å²) in [7, 11) is 0. The molecule has 1 N–H and O–H groups in total. The van der Waals surface area contributed by atoms with E-state index in [1.807, 2.05) is 0 Å². The van der Waals surface area contributed by atoms with Crippen LogP contribution in [0.4, 0.5) is 0 Å². The average Bonchev–Trinajstić information content (AvgIpc) is 2.49. The fourth-order valence-electron chi connectivity index (χ4n) is 3.87. The fourth-order valence-corrected chi connectivity index (χ4v) is 3.87. The summed E-state index contributed by atoms with van der Waals surface area (Å²) in [5, 5.41) is 10.5. The molecule has 1 atom stereocenters. The second kappa shape index (κ2) is 11.5. The van der Waals surface area contributed by atoms with E-state index < -0.39 is 0 Å². The minimum atomic E-state index is -0.0492. The van der Waals surface area contributed by atoms with Crippen LogP contribution in [0.15, 0.2) is 0 Å². The predicted molar refractivity (Wildman–Crippen MR) is 93.7 cm³/mol. The Kier molecular flexibility index (Phi) is 10.4. The van der Waals surface area contributed by atoms with Gasteiger partial charge in [-0.15, -0.1) is 0 Å². The molecule has 0 aromatic heterocycles. The van der Waals surface area contributed by atoms with E-state index in [1.165, 1.54) is 96.3 Å². The molecule has 0 aromatic carbocycles. The van der Waals surface area contributed by atoms with Crippen molar-refractivity contribution in [3.63, 3.8) is 0 Å². The number of hydrogen-bond acceptors (Lipinski definition) is 1. The van der Waals surface area contributed by atoms with Gasteiger partial charge < -0.3 is 5.11 Å². The lowest BCUT2D eigenvalue weighted by Crippen LogP contribution is -2.34. The van der Waals surface area contributed by atoms with E-state index in [-0.39, 0.29) is 11.5 Å². The lowest BCUT2D eigenvalue weighted by atomic mass is 9.70. The first-order valence-electron chi connectivity index (χ1n) is 9.87. The Bertz CT molecular complexity index is 230. The van der Waals surface area contributed by atoms with Crippen molar-refractivity contribution in [2.45, 2.75) is 123 Å². The van der Waals surface area contributed by atoms with E-state index in [0.717, 1.165) is 6.42 Å². The molecule has 0 bridgehead atoms. The minimum Gasteiger partial charge on any atom is -0.393 e. The molecule has 1 nitrogen and oxygen atoms in total. The highest BCUT2D eigenvalue weighted by molar-refractivity contribution is 4.85. The van der Waals surface area contributed by atoms with Gasteiger partial charge in [0.2, 0.25) is 0 Å². The Morgan fingerprint density at radius 1 is 0.762 bits per heavy atom. The first-order chi connectivity index (χ1) is 10.2. The Morgan fingerprint density at radius 2 is 1.24 bits per heavy atom. The molecule has 0 amide bonds. The third-order valence-corrected chi connectivity index (χ3v) is 5.63. The maximum absolute atomic E-state index is 10.5. The van der Waals surface area contributed by atoms with E-state index in [9.17, 15) is 5.11 Å². The van der Waals surface area contributed by atoms with Gasteiger partial charge in [-0.1, -0.05) is 97.3 Å². The van der Waals surface area contributed by atoms with Gasteiger partial charge in [0, 0.05) is 0 Å². The van der Waals surface area contributed by atoms with Crippen LogP contribution >= 0.6 is 0 Å². The van der Waals surface area contributed by atoms with E-state index >= 15 is 0 Å². The van der Waals surface area contributed by atoms with Crippen molar-refractivity contribution in [3.05, 3.63) is 0 Å². The molecular weight excluding hydrogens is 256 g/mol. The van der Waals surface area contributed by atoms with Crippen LogP contribution in [0, 0.1) is 5.41 Å². The second-order valence-corrected chi connectivity index (χ2v) is 7.70. The van der Waals surface area contributed by atoms with Gasteiger partial charge in [-0.25, -0.2) is 0 Å². The molecule has 0 spiro atoms. The topological polar surface area (TPSA) is 20.2 Å². The summed E-state index contributed by atoms with van der Waals surface area (Å²) >= 11 is 0. The maximum atomic E-state index is 10.5. The van der Waals surface area contributed by atoms with Gasteiger partial charge in [-0.3, -0.25) is 0 Å². The molecular formula is C20H40O. The molecule has 0 aliphatic heterocycles. The van der Waals surface area contributed by atoms with Crippen LogP contribution in [0.3, 0.4) is 0 Å². The molecule has 0 radical (unpaired) electrons. The number of aliphatic hydroxyl groups excluding tert-OH is 1. The van der Waals surface area contributed by atoms with Crippen molar-refractivity contribution < 1.29 is 5.11 Å². The Hall–Kier alpha value is -0.0400. The number of aliphatic hydroxyl groups is 1. The van der Waals surface area contributed by atoms with Gasteiger partial charge in [0.25, 0.3) is 0 Å². The summed E-state index contributed by atoms with van der Waals surface area (Å²) in [6, 6.07) is 0. The number of hydrogen-bond donors (Lipinski definition) is 1. The largest absolute Gasteiger partial charge is 0.393 e. The quantitative estimate of drug-likeness (QED) is 0.401. The van der Waals surface area contributed by atoms with Crippen molar-refractivity contribution >= 4 is 0 Å². The van der Waals surface area contributed by atoms with Crippen LogP contribution in [0.2, 0.25) is 0 Å². The first-order valence-corrected chi connectivity index (χ1v) is 9.87. The molecule has 1 unspecified atom stereocenters. The van der Waals surface area contributed by atoms with Crippen LogP contribution in [0.1, 0.15) is 117 Å². The SMILES string of the molecule is CCCCCCCCCCCCC(O)C1(C)CCCCC1. The highest BCUT2D eigenvalue weighted by Crippen LogP contribution is 2.40. The average molecular weight is 297 g/mol. The third-order valence-electron chi connectivity index (χ3n) is 5.63. The van der Waals surface area contributed by atoms with E-state index in [1.54, 1.807) is 0 Å². The highest BCUT2D eigenvalue weighted by atomic mass is 16.3.